The number of allylic oxidation sites excluding steroid dienone is 1. The lowest BCUT2D eigenvalue weighted by atomic mass is 9.73. The standard InChI is InChI=1S/C25H21NO2/c1-2-17-25(23(27)20-13-7-4-8-14-20)21-15-9-10-16-22(21)26(24(25)28)18-19-11-5-3-6-12-19/h2-16H,1,17-18H2. The van der Waals surface area contributed by atoms with Crippen molar-refractivity contribution in [2.45, 2.75) is 18.4 Å². The van der Waals surface area contributed by atoms with Gasteiger partial charge in [0.1, 0.15) is 5.41 Å². The van der Waals surface area contributed by atoms with Crippen molar-refractivity contribution in [1.29, 1.82) is 0 Å². The van der Waals surface area contributed by atoms with Gasteiger partial charge in [0.15, 0.2) is 5.78 Å². The van der Waals surface area contributed by atoms with Gasteiger partial charge in [0.2, 0.25) is 5.91 Å². The minimum absolute atomic E-state index is 0.180. The highest BCUT2D eigenvalue weighted by Gasteiger charge is 2.55. The number of amides is 1. The van der Waals surface area contributed by atoms with Crippen LogP contribution in [0.3, 0.4) is 0 Å². The van der Waals surface area contributed by atoms with Gasteiger partial charge in [-0.2, -0.15) is 0 Å². The van der Waals surface area contributed by atoms with E-state index in [0.29, 0.717) is 12.1 Å². The van der Waals surface area contributed by atoms with E-state index in [0.717, 1.165) is 16.8 Å². The summed E-state index contributed by atoms with van der Waals surface area (Å²) >= 11 is 0. The molecule has 1 aliphatic heterocycles. The molecule has 1 heterocycles. The normalized spacial score (nSPS) is 18.0. The number of carbonyl (C=O) groups excluding carboxylic acids is 2. The Balaban J connectivity index is 1.86. The van der Waals surface area contributed by atoms with Gasteiger partial charge in [-0.25, -0.2) is 0 Å². The highest BCUT2D eigenvalue weighted by atomic mass is 16.2. The van der Waals surface area contributed by atoms with Gasteiger partial charge in [0.25, 0.3) is 0 Å². The molecule has 0 saturated heterocycles. The fourth-order valence-electron chi connectivity index (χ4n) is 4.01. The van der Waals surface area contributed by atoms with Crippen molar-refractivity contribution >= 4 is 17.4 Å². The van der Waals surface area contributed by atoms with E-state index in [1.54, 1.807) is 23.1 Å². The quantitative estimate of drug-likeness (QED) is 0.352. The molecule has 0 bridgehead atoms. The summed E-state index contributed by atoms with van der Waals surface area (Å²) < 4.78 is 0. The highest BCUT2D eigenvalue weighted by molar-refractivity contribution is 6.26. The average molecular weight is 367 g/mol. The van der Waals surface area contributed by atoms with E-state index in [9.17, 15) is 9.59 Å². The second-order valence-corrected chi connectivity index (χ2v) is 6.99. The predicted molar refractivity (Wildman–Crippen MR) is 111 cm³/mol. The molecule has 28 heavy (non-hydrogen) atoms. The average Bonchev–Trinajstić information content (AvgIpc) is 2.98. The summed E-state index contributed by atoms with van der Waals surface area (Å²) in [6.45, 7) is 4.27. The van der Waals surface area contributed by atoms with Crippen molar-refractivity contribution in [1.82, 2.24) is 0 Å². The number of para-hydroxylation sites is 1. The molecule has 138 valence electrons. The second kappa shape index (κ2) is 7.28. The van der Waals surface area contributed by atoms with Crippen molar-refractivity contribution in [2.24, 2.45) is 0 Å². The molecule has 0 N–H and O–H groups in total. The van der Waals surface area contributed by atoms with Crippen LogP contribution in [-0.4, -0.2) is 11.7 Å². The summed E-state index contributed by atoms with van der Waals surface area (Å²) in [5, 5.41) is 0. The Bertz CT molecular complexity index is 1030. The van der Waals surface area contributed by atoms with E-state index in [4.69, 9.17) is 0 Å². The molecule has 0 spiro atoms. The van der Waals surface area contributed by atoms with Crippen molar-refractivity contribution in [3.05, 3.63) is 114 Å². The molecule has 0 radical (unpaired) electrons. The van der Waals surface area contributed by atoms with Crippen LogP contribution in [0.5, 0.6) is 0 Å². The summed E-state index contributed by atoms with van der Waals surface area (Å²) in [5.41, 5.74) is 1.84. The lowest BCUT2D eigenvalue weighted by Gasteiger charge is -2.26. The number of carbonyl (C=O) groups is 2. The Morgan fingerprint density at radius 1 is 0.893 bits per heavy atom. The van der Waals surface area contributed by atoms with Crippen LogP contribution in [0.1, 0.15) is 27.9 Å². The molecule has 1 atom stereocenters. The van der Waals surface area contributed by atoms with Crippen molar-refractivity contribution in [3.63, 3.8) is 0 Å². The lowest BCUT2D eigenvalue weighted by Crippen LogP contribution is -2.46. The largest absolute Gasteiger partial charge is 0.306 e. The number of rotatable bonds is 6. The molecule has 3 aromatic rings. The predicted octanol–water partition coefficient (Wildman–Crippen LogP) is 4.93. The fourth-order valence-corrected chi connectivity index (χ4v) is 4.01. The van der Waals surface area contributed by atoms with Crippen LogP contribution in [0.25, 0.3) is 0 Å². The molecule has 0 aromatic heterocycles. The summed E-state index contributed by atoms with van der Waals surface area (Å²) in [7, 11) is 0. The Hall–Kier alpha value is -3.46. The van der Waals surface area contributed by atoms with Crippen LogP contribution in [0.4, 0.5) is 5.69 Å². The van der Waals surface area contributed by atoms with Gasteiger partial charge in [-0.3, -0.25) is 9.59 Å². The van der Waals surface area contributed by atoms with Crippen LogP contribution < -0.4 is 4.90 Å². The first-order valence-electron chi connectivity index (χ1n) is 9.34. The van der Waals surface area contributed by atoms with Crippen molar-refractivity contribution in [2.75, 3.05) is 4.90 Å². The summed E-state index contributed by atoms with van der Waals surface area (Å²) in [6, 6.07) is 26.5. The molecule has 4 rings (SSSR count). The molecule has 3 nitrogen and oxygen atoms in total. The summed E-state index contributed by atoms with van der Waals surface area (Å²) in [4.78, 5) is 29.1. The number of fused-ring (bicyclic) bond motifs is 1. The Morgan fingerprint density at radius 2 is 1.50 bits per heavy atom. The number of nitrogens with zero attached hydrogens (tertiary/aromatic N) is 1. The molecule has 1 unspecified atom stereocenters. The maximum atomic E-state index is 13.8. The molecule has 3 aromatic carbocycles. The SMILES string of the molecule is C=CCC1(C(=O)c2ccccc2)C(=O)N(Cc2ccccc2)c2ccccc21. The molecule has 0 fully saturated rings. The molecule has 0 aliphatic carbocycles. The van der Waals surface area contributed by atoms with E-state index >= 15 is 0 Å². The number of Topliss-reactive ketones (excluding diaryl/α,β-unsaturated/α-hetero) is 1. The third-order valence-electron chi connectivity index (χ3n) is 5.32. The van der Waals surface area contributed by atoms with Gasteiger partial charge in [-0.05, 0) is 23.6 Å². The minimum Gasteiger partial charge on any atom is -0.306 e. The summed E-state index contributed by atoms with van der Waals surface area (Å²) in [5.74, 6) is -0.368. The van der Waals surface area contributed by atoms with Crippen LogP contribution in [0.2, 0.25) is 0 Å². The Labute approximate surface area is 164 Å². The second-order valence-electron chi connectivity index (χ2n) is 6.99. The van der Waals surface area contributed by atoms with Crippen LogP contribution in [-0.2, 0) is 16.8 Å². The van der Waals surface area contributed by atoms with Crippen LogP contribution >= 0.6 is 0 Å². The molecule has 0 saturated carbocycles. The third-order valence-corrected chi connectivity index (χ3v) is 5.32. The Kier molecular flexibility index (Phi) is 4.66. The van der Waals surface area contributed by atoms with E-state index in [1.165, 1.54) is 0 Å². The van der Waals surface area contributed by atoms with Gasteiger partial charge in [-0.1, -0.05) is 84.9 Å². The fraction of sp³-hybridized carbons (Fsp3) is 0.120. The van der Waals surface area contributed by atoms with Gasteiger partial charge in [0.05, 0.1) is 6.54 Å². The van der Waals surface area contributed by atoms with E-state index in [2.05, 4.69) is 6.58 Å². The van der Waals surface area contributed by atoms with Crippen molar-refractivity contribution < 1.29 is 9.59 Å². The first-order chi connectivity index (χ1) is 13.7. The number of ketones is 1. The zero-order chi connectivity index (χ0) is 19.6. The van der Waals surface area contributed by atoms with E-state index in [-0.39, 0.29) is 18.1 Å². The number of hydrogen-bond donors (Lipinski definition) is 0. The van der Waals surface area contributed by atoms with E-state index in [1.807, 2.05) is 72.8 Å². The monoisotopic (exact) mass is 367 g/mol. The van der Waals surface area contributed by atoms with Gasteiger partial charge in [0, 0.05) is 11.3 Å². The van der Waals surface area contributed by atoms with Crippen LogP contribution in [0.15, 0.2) is 97.6 Å². The number of hydrogen-bond acceptors (Lipinski definition) is 2. The Morgan fingerprint density at radius 3 is 2.18 bits per heavy atom. The zero-order valence-corrected chi connectivity index (χ0v) is 15.5. The van der Waals surface area contributed by atoms with Gasteiger partial charge in [-0.15, -0.1) is 6.58 Å². The smallest absolute Gasteiger partial charge is 0.246 e. The van der Waals surface area contributed by atoms with E-state index < -0.39 is 5.41 Å². The maximum absolute atomic E-state index is 13.8. The number of benzene rings is 3. The lowest BCUT2D eigenvalue weighted by molar-refractivity contribution is -0.121. The molecule has 1 amide bonds. The third kappa shape index (κ3) is 2.76. The minimum atomic E-state index is -1.27. The van der Waals surface area contributed by atoms with Gasteiger partial charge < -0.3 is 4.90 Å². The maximum Gasteiger partial charge on any atom is 0.246 e. The van der Waals surface area contributed by atoms with Crippen molar-refractivity contribution in [3.8, 4) is 0 Å². The molecule has 3 heteroatoms. The first-order valence-corrected chi connectivity index (χ1v) is 9.34. The molecular formula is C25H21NO2. The topological polar surface area (TPSA) is 37.4 Å². The van der Waals surface area contributed by atoms with Gasteiger partial charge >= 0.3 is 0 Å². The number of anilines is 1. The van der Waals surface area contributed by atoms with Crippen LogP contribution in [0, 0.1) is 0 Å². The summed E-state index contributed by atoms with van der Waals surface area (Å²) in [6.07, 6.45) is 1.93. The highest BCUT2D eigenvalue weighted by Crippen LogP contribution is 2.46. The zero-order valence-electron chi connectivity index (χ0n) is 15.5. The molecular weight excluding hydrogens is 346 g/mol. The first kappa shape index (κ1) is 17.9. The molecule has 1 aliphatic rings.